The molecule has 0 radical (unpaired) electrons. The second-order valence-electron chi connectivity index (χ2n) is 3.18. The van der Waals surface area contributed by atoms with E-state index in [1.807, 2.05) is 0 Å². The Morgan fingerprint density at radius 3 is 2.39 bits per heavy atom. The van der Waals surface area contributed by atoms with Crippen molar-refractivity contribution < 1.29 is 9.53 Å². The summed E-state index contributed by atoms with van der Waals surface area (Å²) >= 11 is 11.6. The third-order valence-electron chi connectivity index (χ3n) is 2.15. The topological polar surface area (TPSA) is 124 Å². The minimum atomic E-state index is -2.32. The third kappa shape index (κ3) is 1.70. The first-order valence-electron chi connectivity index (χ1n) is 4.39. The number of ketones is 1. The number of halogens is 2. The van der Waals surface area contributed by atoms with E-state index in [0.29, 0.717) is 0 Å². The number of azide groups is 1. The highest BCUT2D eigenvalue weighted by molar-refractivity contribution is 6.37. The summed E-state index contributed by atoms with van der Waals surface area (Å²) in [4.78, 5) is 16.9. The summed E-state index contributed by atoms with van der Waals surface area (Å²) in [6.45, 7) is 0. The predicted molar refractivity (Wildman–Crippen MR) is 62.4 cm³/mol. The second kappa shape index (κ2) is 4.29. The minimum Gasteiger partial charge on any atom is -0.465 e. The Hall–Kier alpha value is -2.11. The summed E-state index contributed by atoms with van der Waals surface area (Å²) in [5.41, 5.74) is 16.8. The molecule has 0 aromatic heterocycles. The smallest absolute Gasteiger partial charge is 0.328 e. The molecule has 0 unspecified atom stereocenters. The van der Waals surface area contributed by atoms with Crippen molar-refractivity contribution in [2.75, 3.05) is 0 Å². The van der Waals surface area contributed by atoms with E-state index in [1.54, 1.807) is 0 Å². The van der Waals surface area contributed by atoms with E-state index in [2.05, 4.69) is 20.1 Å². The van der Waals surface area contributed by atoms with Gasteiger partial charge in [0.2, 0.25) is 5.78 Å². The Morgan fingerprint density at radius 2 is 1.83 bits per heavy atom. The lowest BCUT2D eigenvalue weighted by Crippen LogP contribution is -2.34. The average molecular weight is 285 g/mol. The number of carbonyl (C=O) groups excluding carboxylic acids is 1. The maximum atomic E-state index is 12.0. The second-order valence-corrected chi connectivity index (χ2v) is 4.03. The number of ether oxygens (including phenoxy) is 1. The van der Waals surface area contributed by atoms with Crippen LogP contribution in [0.2, 0.25) is 10.0 Å². The summed E-state index contributed by atoms with van der Waals surface area (Å²) in [5.74, 6) is -3.18. The van der Waals surface area contributed by atoms with Crippen LogP contribution >= 0.6 is 23.2 Å². The van der Waals surface area contributed by atoms with Crippen LogP contribution in [0.1, 0.15) is 10.4 Å². The molecule has 1 aromatic carbocycles. The standard InChI is InChI=1S/C8H2Cl2N6O2/c9-3-1-4-6(5(10)2-3)18-8(7(4)17,13-15-11)14-16-12/h1-2H. The molecule has 1 aliphatic rings. The third-order valence-corrected chi connectivity index (χ3v) is 2.65. The quantitative estimate of drug-likeness (QED) is 0.465. The summed E-state index contributed by atoms with van der Waals surface area (Å²) in [5, 5.41) is 6.45. The number of hydrogen-bond donors (Lipinski definition) is 0. The maximum absolute atomic E-state index is 12.0. The number of nitrogens with zero attached hydrogens (tertiary/aromatic N) is 6. The summed E-state index contributed by atoms with van der Waals surface area (Å²) < 4.78 is 5.09. The number of benzene rings is 1. The number of hydrogen-bond acceptors (Lipinski definition) is 4. The molecule has 1 aromatic rings. The summed E-state index contributed by atoms with van der Waals surface area (Å²) in [6, 6.07) is 2.63. The molecule has 0 fully saturated rings. The summed E-state index contributed by atoms with van der Waals surface area (Å²) in [7, 11) is 0. The van der Waals surface area contributed by atoms with Gasteiger partial charge in [-0.05, 0) is 33.4 Å². The van der Waals surface area contributed by atoms with Crippen LogP contribution < -0.4 is 4.74 Å². The first-order valence-corrected chi connectivity index (χ1v) is 5.15. The van der Waals surface area contributed by atoms with Crippen LogP contribution in [0.4, 0.5) is 0 Å². The van der Waals surface area contributed by atoms with Crippen LogP contribution in [0.15, 0.2) is 22.4 Å². The van der Waals surface area contributed by atoms with E-state index >= 15 is 0 Å². The number of rotatable bonds is 2. The molecule has 1 heterocycles. The molecule has 2 rings (SSSR count). The van der Waals surface area contributed by atoms with Crippen molar-refractivity contribution >= 4 is 29.0 Å². The lowest BCUT2D eigenvalue weighted by molar-refractivity contribution is 0.0610. The fourth-order valence-electron chi connectivity index (χ4n) is 1.47. The van der Waals surface area contributed by atoms with Crippen molar-refractivity contribution in [3.8, 4) is 5.75 Å². The van der Waals surface area contributed by atoms with Crippen LogP contribution in [0.25, 0.3) is 20.9 Å². The number of Topliss-reactive ketones (excluding diaryl/α,β-unsaturated/α-hetero) is 1. The van der Waals surface area contributed by atoms with E-state index in [-0.39, 0.29) is 21.4 Å². The van der Waals surface area contributed by atoms with Crippen molar-refractivity contribution in [1.82, 2.24) is 0 Å². The molecular formula is C8H2Cl2N6O2. The van der Waals surface area contributed by atoms with Gasteiger partial charge in [-0.25, -0.2) is 0 Å². The lowest BCUT2D eigenvalue weighted by atomic mass is 10.1. The summed E-state index contributed by atoms with van der Waals surface area (Å²) in [6.07, 6.45) is 0. The Bertz CT molecular complexity index is 629. The molecule has 0 atom stereocenters. The SMILES string of the molecule is [N-]=[N+]=NC1(N=[N+]=[N-])Oc2c(Cl)cc(Cl)cc2C1=O. The Labute approximate surface area is 109 Å². The monoisotopic (exact) mass is 284 g/mol. The largest absolute Gasteiger partial charge is 0.465 e. The van der Waals surface area contributed by atoms with Crippen LogP contribution in [-0.2, 0) is 0 Å². The van der Waals surface area contributed by atoms with Gasteiger partial charge in [-0.3, -0.25) is 4.79 Å². The molecule has 0 saturated carbocycles. The molecule has 0 saturated heterocycles. The van der Waals surface area contributed by atoms with Gasteiger partial charge in [-0.1, -0.05) is 23.2 Å². The molecule has 18 heavy (non-hydrogen) atoms. The van der Waals surface area contributed by atoms with Crippen molar-refractivity contribution in [2.24, 2.45) is 10.2 Å². The lowest BCUT2D eigenvalue weighted by Gasteiger charge is -2.14. The molecule has 0 N–H and O–H groups in total. The predicted octanol–water partition coefficient (Wildman–Crippen LogP) is 3.84. The first kappa shape index (κ1) is 12.3. The van der Waals surface area contributed by atoms with Crippen molar-refractivity contribution in [2.45, 2.75) is 5.85 Å². The van der Waals surface area contributed by atoms with Crippen molar-refractivity contribution in [3.05, 3.63) is 48.6 Å². The normalized spacial score (nSPS) is 20.4. The van der Waals surface area contributed by atoms with Gasteiger partial charge < -0.3 is 4.74 Å². The molecular weight excluding hydrogens is 283 g/mol. The van der Waals surface area contributed by atoms with Crippen LogP contribution in [-0.4, -0.2) is 11.6 Å². The zero-order valence-corrected chi connectivity index (χ0v) is 9.92. The maximum Gasteiger partial charge on any atom is 0.328 e. The van der Waals surface area contributed by atoms with E-state index < -0.39 is 11.6 Å². The fourth-order valence-corrected chi connectivity index (χ4v) is 2.00. The van der Waals surface area contributed by atoms with Gasteiger partial charge in [0.1, 0.15) is 0 Å². The molecule has 1 aliphatic heterocycles. The van der Waals surface area contributed by atoms with Crippen molar-refractivity contribution in [1.29, 1.82) is 0 Å². The van der Waals surface area contributed by atoms with Gasteiger partial charge >= 0.3 is 5.85 Å². The van der Waals surface area contributed by atoms with Crippen LogP contribution in [0.3, 0.4) is 0 Å². The van der Waals surface area contributed by atoms with Gasteiger partial charge in [0.15, 0.2) is 5.75 Å². The molecule has 10 heteroatoms. The number of carbonyl (C=O) groups is 1. The van der Waals surface area contributed by atoms with E-state index in [4.69, 9.17) is 39.0 Å². The molecule has 0 amide bonds. The van der Waals surface area contributed by atoms with E-state index in [1.165, 1.54) is 12.1 Å². The van der Waals surface area contributed by atoms with Crippen LogP contribution in [0.5, 0.6) is 5.75 Å². The van der Waals surface area contributed by atoms with Gasteiger partial charge in [-0.15, -0.1) is 0 Å². The van der Waals surface area contributed by atoms with Gasteiger partial charge in [0.25, 0.3) is 0 Å². The van der Waals surface area contributed by atoms with Crippen molar-refractivity contribution in [3.63, 3.8) is 0 Å². The van der Waals surface area contributed by atoms with Gasteiger partial charge in [0, 0.05) is 14.8 Å². The molecule has 0 aliphatic carbocycles. The van der Waals surface area contributed by atoms with Crippen LogP contribution in [0, 0.1) is 0 Å². The minimum absolute atomic E-state index is 0.00713. The highest BCUT2D eigenvalue weighted by Crippen LogP contribution is 2.43. The fraction of sp³-hybridized carbons (Fsp3) is 0.125. The Balaban J connectivity index is 2.69. The van der Waals surface area contributed by atoms with Gasteiger partial charge in [0.05, 0.1) is 10.6 Å². The molecule has 90 valence electrons. The molecule has 0 spiro atoms. The Morgan fingerprint density at radius 1 is 1.22 bits per heavy atom. The molecule has 0 bridgehead atoms. The van der Waals surface area contributed by atoms with Gasteiger partial charge in [-0.2, -0.15) is 0 Å². The molecule has 8 nitrogen and oxygen atoms in total. The average Bonchev–Trinajstić information content (AvgIpc) is 2.56. The zero-order chi connectivity index (χ0) is 13.3. The highest BCUT2D eigenvalue weighted by atomic mass is 35.5. The highest BCUT2D eigenvalue weighted by Gasteiger charge is 2.48. The van der Waals surface area contributed by atoms with E-state index in [0.717, 1.165) is 0 Å². The Kier molecular flexibility index (Phi) is 2.94. The first-order chi connectivity index (χ1) is 8.54. The zero-order valence-electron chi connectivity index (χ0n) is 8.41. The van der Waals surface area contributed by atoms with E-state index in [9.17, 15) is 4.79 Å². The number of fused-ring (bicyclic) bond motifs is 1.